The van der Waals surface area contributed by atoms with Gasteiger partial charge in [-0.05, 0) is 38.9 Å². The maximum absolute atomic E-state index is 5.90. The summed E-state index contributed by atoms with van der Waals surface area (Å²) in [6.07, 6.45) is 5.43. The lowest BCUT2D eigenvalue weighted by Crippen LogP contribution is -2.37. The van der Waals surface area contributed by atoms with Crippen LogP contribution in [0.5, 0.6) is 0 Å². The number of methoxy groups -OCH3 is 1. The van der Waals surface area contributed by atoms with Gasteiger partial charge in [0.2, 0.25) is 0 Å². The van der Waals surface area contributed by atoms with Crippen molar-refractivity contribution in [1.82, 2.24) is 10.2 Å². The number of nitrogens with one attached hydrogen (secondary N) is 1. The van der Waals surface area contributed by atoms with Crippen LogP contribution >= 0.6 is 0 Å². The van der Waals surface area contributed by atoms with Gasteiger partial charge < -0.3 is 19.7 Å². The standard InChI is InChI=1S/C14H30N2O2/c1-3-7-15-12-14(13-17-2)18-11-10-16-8-5-4-6-9-16/h14-15H,3-13H2,1-2H3. The lowest BCUT2D eigenvalue weighted by Gasteiger charge is -2.27. The lowest BCUT2D eigenvalue weighted by atomic mass is 10.1. The molecule has 108 valence electrons. The molecule has 1 atom stereocenters. The Bertz CT molecular complexity index is 185. The minimum absolute atomic E-state index is 0.186. The van der Waals surface area contributed by atoms with Crippen LogP contribution in [0.15, 0.2) is 0 Å². The van der Waals surface area contributed by atoms with E-state index in [1.807, 2.05) is 0 Å². The normalized spacial score (nSPS) is 19.0. The Kier molecular flexibility index (Phi) is 9.48. The highest BCUT2D eigenvalue weighted by atomic mass is 16.5. The quantitative estimate of drug-likeness (QED) is 0.602. The molecule has 4 nitrogen and oxygen atoms in total. The molecular weight excluding hydrogens is 228 g/mol. The molecule has 0 radical (unpaired) electrons. The second-order valence-electron chi connectivity index (χ2n) is 5.05. The van der Waals surface area contributed by atoms with Gasteiger partial charge in [0.1, 0.15) is 0 Å². The van der Waals surface area contributed by atoms with E-state index in [0.717, 1.165) is 32.7 Å². The van der Waals surface area contributed by atoms with Gasteiger partial charge in [-0.3, -0.25) is 0 Å². The van der Waals surface area contributed by atoms with E-state index < -0.39 is 0 Å². The fourth-order valence-corrected chi connectivity index (χ4v) is 2.32. The van der Waals surface area contributed by atoms with Crippen LogP contribution < -0.4 is 5.32 Å². The van der Waals surface area contributed by atoms with E-state index >= 15 is 0 Å². The highest BCUT2D eigenvalue weighted by Gasteiger charge is 2.12. The van der Waals surface area contributed by atoms with Gasteiger partial charge in [0.25, 0.3) is 0 Å². The first-order chi connectivity index (χ1) is 8.86. The van der Waals surface area contributed by atoms with E-state index in [2.05, 4.69) is 17.1 Å². The molecule has 1 heterocycles. The first kappa shape index (κ1) is 15.9. The van der Waals surface area contributed by atoms with Crippen LogP contribution in [0.2, 0.25) is 0 Å². The zero-order chi connectivity index (χ0) is 13.1. The SMILES string of the molecule is CCCNCC(COC)OCCN1CCCCC1. The lowest BCUT2D eigenvalue weighted by molar-refractivity contribution is -0.0102. The predicted octanol–water partition coefficient (Wildman–Crippen LogP) is 1.50. The van der Waals surface area contributed by atoms with Crippen molar-refractivity contribution in [2.24, 2.45) is 0 Å². The van der Waals surface area contributed by atoms with Crippen molar-refractivity contribution in [3.05, 3.63) is 0 Å². The van der Waals surface area contributed by atoms with Crippen LogP contribution in [0.25, 0.3) is 0 Å². The summed E-state index contributed by atoms with van der Waals surface area (Å²) in [5, 5.41) is 3.39. The van der Waals surface area contributed by atoms with Crippen molar-refractivity contribution in [1.29, 1.82) is 0 Å². The van der Waals surface area contributed by atoms with Crippen LogP contribution in [0.4, 0.5) is 0 Å². The van der Waals surface area contributed by atoms with Crippen molar-refractivity contribution >= 4 is 0 Å². The number of piperidine rings is 1. The first-order valence-electron chi connectivity index (χ1n) is 7.40. The fraction of sp³-hybridized carbons (Fsp3) is 1.00. The van der Waals surface area contributed by atoms with Gasteiger partial charge in [0, 0.05) is 20.2 Å². The van der Waals surface area contributed by atoms with Crippen molar-refractivity contribution < 1.29 is 9.47 Å². The van der Waals surface area contributed by atoms with Gasteiger partial charge in [-0.2, -0.15) is 0 Å². The van der Waals surface area contributed by atoms with E-state index in [9.17, 15) is 0 Å². The molecule has 1 fully saturated rings. The first-order valence-corrected chi connectivity index (χ1v) is 7.40. The molecule has 1 aliphatic heterocycles. The largest absolute Gasteiger partial charge is 0.382 e. The minimum Gasteiger partial charge on any atom is -0.382 e. The number of nitrogens with zero attached hydrogens (tertiary/aromatic N) is 1. The molecule has 0 aromatic rings. The van der Waals surface area contributed by atoms with Crippen molar-refractivity contribution in [3.63, 3.8) is 0 Å². The Morgan fingerprint density at radius 1 is 1.22 bits per heavy atom. The molecule has 18 heavy (non-hydrogen) atoms. The molecule has 1 N–H and O–H groups in total. The Hall–Kier alpha value is -0.160. The zero-order valence-electron chi connectivity index (χ0n) is 12.1. The maximum atomic E-state index is 5.90. The Morgan fingerprint density at radius 2 is 2.00 bits per heavy atom. The zero-order valence-corrected chi connectivity index (χ0v) is 12.1. The predicted molar refractivity (Wildman–Crippen MR) is 75.1 cm³/mol. The number of rotatable bonds is 10. The second-order valence-corrected chi connectivity index (χ2v) is 5.05. The van der Waals surface area contributed by atoms with Crippen molar-refractivity contribution in [2.45, 2.75) is 38.7 Å². The Balaban J connectivity index is 2.07. The molecule has 1 rings (SSSR count). The van der Waals surface area contributed by atoms with Gasteiger partial charge in [0.15, 0.2) is 0 Å². The third kappa shape index (κ3) is 7.31. The molecule has 1 unspecified atom stereocenters. The second kappa shape index (κ2) is 10.7. The summed E-state index contributed by atoms with van der Waals surface area (Å²) in [5.74, 6) is 0. The smallest absolute Gasteiger partial charge is 0.0932 e. The van der Waals surface area contributed by atoms with E-state index in [1.165, 1.54) is 32.4 Å². The third-order valence-electron chi connectivity index (χ3n) is 3.36. The van der Waals surface area contributed by atoms with Gasteiger partial charge in [-0.25, -0.2) is 0 Å². The molecule has 0 aromatic carbocycles. The highest BCUT2D eigenvalue weighted by Crippen LogP contribution is 2.07. The Morgan fingerprint density at radius 3 is 2.67 bits per heavy atom. The molecule has 0 spiro atoms. The summed E-state index contributed by atoms with van der Waals surface area (Å²) in [7, 11) is 1.74. The van der Waals surface area contributed by atoms with E-state index in [-0.39, 0.29) is 6.10 Å². The summed E-state index contributed by atoms with van der Waals surface area (Å²) in [4.78, 5) is 2.51. The average molecular weight is 258 g/mol. The van der Waals surface area contributed by atoms with E-state index in [0.29, 0.717) is 6.61 Å². The molecule has 4 heteroatoms. The topological polar surface area (TPSA) is 33.7 Å². The molecule has 0 aliphatic carbocycles. The van der Waals surface area contributed by atoms with Gasteiger partial charge in [0.05, 0.1) is 19.3 Å². The summed E-state index contributed by atoms with van der Waals surface area (Å²) in [5.41, 5.74) is 0. The van der Waals surface area contributed by atoms with Crippen LogP contribution in [0, 0.1) is 0 Å². The molecular formula is C14H30N2O2. The molecule has 0 aromatic heterocycles. The minimum atomic E-state index is 0.186. The molecule has 1 aliphatic rings. The summed E-state index contributed by atoms with van der Waals surface area (Å²) >= 11 is 0. The number of hydrogen-bond acceptors (Lipinski definition) is 4. The maximum Gasteiger partial charge on any atom is 0.0932 e. The van der Waals surface area contributed by atoms with Crippen molar-refractivity contribution in [2.75, 3.05) is 53.0 Å². The van der Waals surface area contributed by atoms with Gasteiger partial charge in [-0.15, -0.1) is 0 Å². The monoisotopic (exact) mass is 258 g/mol. The number of ether oxygens (including phenoxy) is 2. The number of likely N-dealkylation sites (tertiary alicyclic amines) is 1. The summed E-state index contributed by atoms with van der Waals surface area (Å²) in [6, 6.07) is 0. The molecule has 0 bridgehead atoms. The molecule has 1 saturated heterocycles. The van der Waals surface area contributed by atoms with Gasteiger partial charge in [-0.1, -0.05) is 13.3 Å². The summed E-state index contributed by atoms with van der Waals surface area (Å²) in [6.45, 7) is 9.16. The molecule has 0 saturated carbocycles. The number of hydrogen-bond donors (Lipinski definition) is 1. The van der Waals surface area contributed by atoms with E-state index in [1.54, 1.807) is 7.11 Å². The fourth-order valence-electron chi connectivity index (χ4n) is 2.32. The molecule has 0 amide bonds. The van der Waals surface area contributed by atoms with Crippen LogP contribution in [-0.4, -0.2) is 64.1 Å². The Labute approximate surface area is 112 Å². The third-order valence-corrected chi connectivity index (χ3v) is 3.36. The highest BCUT2D eigenvalue weighted by molar-refractivity contribution is 4.65. The van der Waals surface area contributed by atoms with Crippen molar-refractivity contribution in [3.8, 4) is 0 Å². The average Bonchev–Trinajstić information content (AvgIpc) is 2.40. The van der Waals surface area contributed by atoms with Gasteiger partial charge >= 0.3 is 0 Å². The van der Waals surface area contributed by atoms with Crippen LogP contribution in [0.1, 0.15) is 32.6 Å². The van der Waals surface area contributed by atoms with E-state index in [4.69, 9.17) is 9.47 Å². The van der Waals surface area contributed by atoms with Crippen LogP contribution in [-0.2, 0) is 9.47 Å². The van der Waals surface area contributed by atoms with Crippen LogP contribution in [0.3, 0.4) is 0 Å². The summed E-state index contributed by atoms with van der Waals surface area (Å²) < 4.78 is 11.1.